The first-order valence-electron chi connectivity index (χ1n) is 5.13. The lowest BCUT2D eigenvalue weighted by molar-refractivity contribution is 0.810. The van der Waals surface area contributed by atoms with Crippen molar-refractivity contribution in [1.29, 1.82) is 0 Å². The molecule has 0 aliphatic heterocycles. The highest BCUT2D eigenvalue weighted by atomic mass is 32.2. The van der Waals surface area contributed by atoms with Crippen molar-refractivity contribution in [2.24, 2.45) is 0 Å². The van der Waals surface area contributed by atoms with E-state index in [0.717, 1.165) is 22.1 Å². The molecular weight excluding hydrogens is 220 g/mol. The predicted molar refractivity (Wildman–Crippen MR) is 65.5 cm³/mol. The first-order chi connectivity index (χ1) is 7.72. The average molecular weight is 234 g/mol. The number of hydrogen-bond donors (Lipinski definition) is 1. The lowest BCUT2D eigenvalue weighted by atomic mass is 10.0. The molecule has 0 bridgehead atoms. The fourth-order valence-corrected chi connectivity index (χ4v) is 1.89. The van der Waals surface area contributed by atoms with E-state index in [1.807, 2.05) is 18.5 Å². The molecule has 0 spiro atoms. The fraction of sp³-hybridized carbons (Fsp3) is 0.364. The second-order valence-electron chi connectivity index (χ2n) is 3.77. The molecule has 5 heteroatoms. The molecule has 1 N–H and O–H groups in total. The highest BCUT2D eigenvalue weighted by Gasteiger charge is 2.12. The van der Waals surface area contributed by atoms with E-state index in [2.05, 4.69) is 34.0 Å². The van der Waals surface area contributed by atoms with Crippen LogP contribution in [0.3, 0.4) is 0 Å². The quantitative estimate of drug-likeness (QED) is 0.655. The summed E-state index contributed by atoms with van der Waals surface area (Å²) in [7, 11) is 0. The standard InChI is InChI=1S/C11H14N4S/c1-7(2)10-8(6-13-15-10)9-4-5-12-11(14-9)16-3/h4-7H,1-3H3,(H,13,15). The van der Waals surface area contributed by atoms with Gasteiger partial charge in [0.1, 0.15) is 0 Å². The number of aromatic amines is 1. The molecule has 0 aliphatic rings. The van der Waals surface area contributed by atoms with Gasteiger partial charge in [-0.05, 0) is 18.2 Å². The van der Waals surface area contributed by atoms with Gasteiger partial charge in [0.05, 0.1) is 11.4 Å². The first kappa shape index (κ1) is 11.1. The largest absolute Gasteiger partial charge is 0.285 e. The van der Waals surface area contributed by atoms with Crippen molar-refractivity contribution in [2.75, 3.05) is 6.26 Å². The van der Waals surface area contributed by atoms with Crippen molar-refractivity contribution in [3.63, 3.8) is 0 Å². The number of nitrogens with one attached hydrogen (secondary N) is 1. The number of H-pyrrole nitrogens is 1. The molecule has 4 nitrogen and oxygen atoms in total. The predicted octanol–water partition coefficient (Wildman–Crippen LogP) is 2.71. The fourth-order valence-electron chi connectivity index (χ4n) is 1.53. The zero-order valence-electron chi connectivity index (χ0n) is 9.56. The van der Waals surface area contributed by atoms with E-state index < -0.39 is 0 Å². The molecule has 16 heavy (non-hydrogen) atoms. The summed E-state index contributed by atoms with van der Waals surface area (Å²) in [5, 5.41) is 7.94. The Hall–Kier alpha value is -1.36. The summed E-state index contributed by atoms with van der Waals surface area (Å²) in [6.45, 7) is 4.24. The third kappa shape index (κ3) is 2.09. The normalized spacial score (nSPS) is 11.0. The number of rotatable bonds is 3. The molecule has 0 atom stereocenters. The van der Waals surface area contributed by atoms with Crippen molar-refractivity contribution < 1.29 is 0 Å². The van der Waals surface area contributed by atoms with E-state index in [4.69, 9.17) is 0 Å². The molecule has 2 rings (SSSR count). The second kappa shape index (κ2) is 4.65. The van der Waals surface area contributed by atoms with Crippen LogP contribution in [-0.4, -0.2) is 26.4 Å². The lowest BCUT2D eigenvalue weighted by Gasteiger charge is -2.05. The van der Waals surface area contributed by atoms with Crippen LogP contribution in [0.2, 0.25) is 0 Å². The van der Waals surface area contributed by atoms with Gasteiger partial charge in [-0.1, -0.05) is 25.6 Å². The highest BCUT2D eigenvalue weighted by Crippen LogP contribution is 2.26. The van der Waals surface area contributed by atoms with Gasteiger partial charge in [0.25, 0.3) is 0 Å². The van der Waals surface area contributed by atoms with Gasteiger partial charge in [-0.3, -0.25) is 5.10 Å². The first-order valence-corrected chi connectivity index (χ1v) is 6.36. The number of thioether (sulfide) groups is 1. The lowest BCUT2D eigenvalue weighted by Crippen LogP contribution is -1.94. The van der Waals surface area contributed by atoms with E-state index in [1.165, 1.54) is 0 Å². The van der Waals surface area contributed by atoms with Crippen LogP contribution < -0.4 is 0 Å². The molecule has 0 radical (unpaired) electrons. The van der Waals surface area contributed by atoms with E-state index in [0.29, 0.717) is 5.92 Å². The minimum Gasteiger partial charge on any atom is -0.285 e. The van der Waals surface area contributed by atoms with E-state index in [-0.39, 0.29) is 0 Å². The van der Waals surface area contributed by atoms with Gasteiger partial charge >= 0.3 is 0 Å². The van der Waals surface area contributed by atoms with Gasteiger partial charge < -0.3 is 0 Å². The highest BCUT2D eigenvalue weighted by molar-refractivity contribution is 7.98. The van der Waals surface area contributed by atoms with Gasteiger partial charge in [-0.15, -0.1) is 0 Å². The number of aromatic nitrogens is 4. The topological polar surface area (TPSA) is 54.5 Å². The summed E-state index contributed by atoms with van der Waals surface area (Å²) < 4.78 is 0. The van der Waals surface area contributed by atoms with Crippen LogP contribution in [0, 0.1) is 0 Å². The van der Waals surface area contributed by atoms with Crippen molar-refractivity contribution in [3.05, 3.63) is 24.2 Å². The maximum Gasteiger partial charge on any atom is 0.187 e. The molecule has 2 aromatic rings. The maximum absolute atomic E-state index is 4.47. The van der Waals surface area contributed by atoms with Crippen LogP contribution in [-0.2, 0) is 0 Å². The van der Waals surface area contributed by atoms with E-state index in [1.54, 1.807) is 18.0 Å². The minimum absolute atomic E-state index is 0.383. The zero-order chi connectivity index (χ0) is 11.5. The molecule has 2 aromatic heterocycles. The molecular formula is C11H14N4S. The van der Waals surface area contributed by atoms with Crippen LogP contribution in [0.1, 0.15) is 25.5 Å². The summed E-state index contributed by atoms with van der Waals surface area (Å²) in [6, 6.07) is 1.91. The Morgan fingerprint density at radius 1 is 1.38 bits per heavy atom. The maximum atomic E-state index is 4.47. The van der Waals surface area contributed by atoms with Crippen LogP contribution in [0.25, 0.3) is 11.3 Å². The molecule has 0 saturated heterocycles. The van der Waals surface area contributed by atoms with Crippen molar-refractivity contribution >= 4 is 11.8 Å². The van der Waals surface area contributed by atoms with Crippen LogP contribution in [0.4, 0.5) is 0 Å². The van der Waals surface area contributed by atoms with Crippen LogP contribution in [0.15, 0.2) is 23.6 Å². The second-order valence-corrected chi connectivity index (χ2v) is 4.54. The molecule has 0 fully saturated rings. The summed E-state index contributed by atoms with van der Waals surface area (Å²) in [6.07, 6.45) is 5.64. The number of hydrogen-bond acceptors (Lipinski definition) is 4. The van der Waals surface area contributed by atoms with E-state index >= 15 is 0 Å². The Labute approximate surface area is 98.9 Å². The SMILES string of the molecule is CSc1nccc(-c2c[nH]nc2C(C)C)n1. The van der Waals surface area contributed by atoms with Crippen LogP contribution >= 0.6 is 11.8 Å². The molecule has 0 aliphatic carbocycles. The molecule has 2 heterocycles. The molecule has 84 valence electrons. The van der Waals surface area contributed by atoms with Crippen molar-refractivity contribution in [3.8, 4) is 11.3 Å². The van der Waals surface area contributed by atoms with Gasteiger partial charge in [0, 0.05) is 18.0 Å². The summed E-state index contributed by atoms with van der Waals surface area (Å²) in [5.74, 6) is 0.383. The smallest absolute Gasteiger partial charge is 0.187 e. The summed E-state index contributed by atoms with van der Waals surface area (Å²) in [5.41, 5.74) is 3.04. The number of nitrogens with zero attached hydrogens (tertiary/aromatic N) is 3. The zero-order valence-corrected chi connectivity index (χ0v) is 10.4. The van der Waals surface area contributed by atoms with Crippen LogP contribution in [0.5, 0.6) is 0 Å². The Morgan fingerprint density at radius 3 is 2.88 bits per heavy atom. The average Bonchev–Trinajstić information content (AvgIpc) is 2.78. The van der Waals surface area contributed by atoms with Gasteiger partial charge in [0.15, 0.2) is 5.16 Å². The monoisotopic (exact) mass is 234 g/mol. The Balaban J connectivity index is 2.46. The Bertz CT molecular complexity index is 478. The Morgan fingerprint density at radius 2 is 2.19 bits per heavy atom. The van der Waals surface area contributed by atoms with Gasteiger partial charge in [-0.25, -0.2) is 9.97 Å². The van der Waals surface area contributed by atoms with Crippen molar-refractivity contribution in [1.82, 2.24) is 20.2 Å². The third-order valence-corrected chi connectivity index (χ3v) is 2.87. The summed E-state index contributed by atoms with van der Waals surface area (Å²) >= 11 is 1.54. The molecule has 0 aromatic carbocycles. The van der Waals surface area contributed by atoms with E-state index in [9.17, 15) is 0 Å². The van der Waals surface area contributed by atoms with Gasteiger partial charge in [0.2, 0.25) is 0 Å². The van der Waals surface area contributed by atoms with Crippen molar-refractivity contribution in [2.45, 2.75) is 24.9 Å². The third-order valence-electron chi connectivity index (χ3n) is 2.31. The molecule has 0 amide bonds. The Kier molecular flexibility index (Phi) is 3.24. The van der Waals surface area contributed by atoms with Gasteiger partial charge in [-0.2, -0.15) is 5.10 Å². The molecule has 0 unspecified atom stereocenters. The molecule has 0 saturated carbocycles. The minimum atomic E-state index is 0.383. The summed E-state index contributed by atoms with van der Waals surface area (Å²) in [4.78, 5) is 8.63.